The third-order valence-corrected chi connectivity index (χ3v) is 1.73. The van der Waals surface area contributed by atoms with Crippen molar-refractivity contribution in [3.05, 3.63) is 24.5 Å². The summed E-state index contributed by atoms with van der Waals surface area (Å²) in [6, 6.07) is 2.91. The third-order valence-electron chi connectivity index (χ3n) is 1.73. The van der Waals surface area contributed by atoms with E-state index in [-0.39, 0.29) is 0 Å². The molecule has 2 N–H and O–H groups in total. The van der Waals surface area contributed by atoms with Gasteiger partial charge in [-0.25, -0.2) is 4.79 Å². The van der Waals surface area contributed by atoms with Crippen molar-refractivity contribution in [1.29, 1.82) is 0 Å². The van der Waals surface area contributed by atoms with Crippen molar-refractivity contribution in [2.24, 2.45) is 0 Å². The van der Waals surface area contributed by atoms with E-state index in [0.717, 1.165) is 0 Å². The Morgan fingerprint density at radius 1 is 1.60 bits per heavy atom. The Bertz CT molecular complexity index is 353. The van der Waals surface area contributed by atoms with Crippen molar-refractivity contribution in [3.63, 3.8) is 0 Å². The molecule has 80 valence electrons. The van der Waals surface area contributed by atoms with Crippen LogP contribution in [0.15, 0.2) is 24.5 Å². The fourth-order valence-electron chi connectivity index (χ4n) is 0.939. The van der Waals surface area contributed by atoms with E-state index in [4.69, 9.17) is 5.11 Å². The molecule has 0 aliphatic carbocycles. The second kappa shape index (κ2) is 4.94. The maximum Gasteiger partial charge on any atom is 0.323 e. The number of carbonyl (C=O) groups excluding carboxylic acids is 1. The molecule has 15 heavy (non-hydrogen) atoms. The molecule has 1 aromatic rings. The quantitative estimate of drug-likeness (QED) is 0.750. The van der Waals surface area contributed by atoms with Gasteiger partial charge in [0.25, 0.3) is 0 Å². The van der Waals surface area contributed by atoms with Crippen molar-refractivity contribution in [2.75, 3.05) is 18.5 Å². The number of nitrogens with one attached hydrogen (secondary N) is 1. The summed E-state index contributed by atoms with van der Waals surface area (Å²) < 4.78 is 0. The number of anilines is 1. The van der Waals surface area contributed by atoms with Crippen molar-refractivity contribution in [3.8, 4) is 0 Å². The zero-order valence-corrected chi connectivity index (χ0v) is 8.17. The predicted octanol–water partition coefficient (Wildman–Crippen LogP) is 0.312. The molecule has 6 nitrogen and oxygen atoms in total. The molecule has 0 bridgehead atoms. The lowest BCUT2D eigenvalue weighted by Gasteiger charge is -2.16. The van der Waals surface area contributed by atoms with Crippen LogP contribution in [0.4, 0.5) is 10.5 Å². The summed E-state index contributed by atoms with van der Waals surface area (Å²) in [6.07, 6.45) is 3.10. The lowest BCUT2D eigenvalue weighted by atomic mass is 10.4. The third kappa shape index (κ3) is 3.26. The number of carboxylic acid groups (broad SMARTS) is 1. The van der Waals surface area contributed by atoms with E-state index in [1.54, 1.807) is 18.3 Å². The standard InChI is InChI=1S/C9H11N3O3/c1-12(7-3-2-4-10-5-7)9(15)11-6-8(13)14/h2-5H,6H2,1H3,(H,11,15)(H,13,14). The summed E-state index contributed by atoms with van der Waals surface area (Å²) in [5, 5.41) is 10.6. The highest BCUT2D eigenvalue weighted by molar-refractivity contribution is 5.92. The van der Waals surface area contributed by atoms with Crippen molar-refractivity contribution in [1.82, 2.24) is 10.3 Å². The van der Waals surface area contributed by atoms with Gasteiger partial charge in [0, 0.05) is 13.2 Å². The molecule has 0 saturated heterocycles. The molecule has 0 atom stereocenters. The number of hydrogen-bond acceptors (Lipinski definition) is 3. The smallest absolute Gasteiger partial charge is 0.323 e. The molecule has 2 amide bonds. The number of nitrogens with zero attached hydrogens (tertiary/aromatic N) is 2. The van der Waals surface area contributed by atoms with Gasteiger partial charge in [-0.1, -0.05) is 0 Å². The highest BCUT2D eigenvalue weighted by Gasteiger charge is 2.10. The first-order valence-corrected chi connectivity index (χ1v) is 4.24. The molecule has 1 heterocycles. The number of amides is 2. The number of rotatable bonds is 3. The Hall–Kier alpha value is -2.11. The lowest BCUT2D eigenvalue weighted by Crippen LogP contribution is -2.39. The first-order chi connectivity index (χ1) is 7.11. The summed E-state index contributed by atoms with van der Waals surface area (Å²) >= 11 is 0. The molecule has 0 aliphatic heterocycles. The minimum atomic E-state index is -1.08. The minimum absolute atomic E-state index is 0.399. The summed E-state index contributed by atoms with van der Waals surface area (Å²) in [7, 11) is 1.54. The first kappa shape index (κ1) is 11.0. The molecule has 0 fully saturated rings. The van der Waals surface area contributed by atoms with Gasteiger partial charge in [0.15, 0.2) is 0 Å². The van der Waals surface area contributed by atoms with Gasteiger partial charge in [-0.05, 0) is 12.1 Å². The van der Waals surface area contributed by atoms with E-state index in [1.165, 1.54) is 18.1 Å². The van der Waals surface area contributed by atoms with Gasteiger partial charge in [-0.2, -0.15) is 0 Å². The fourth-order valence-corrected chi connectivity index (χ4v) is 0.939. The highest BCUT2D eigenvalue weighted by Crippen LogP contribution is 2.08. The van der Waals surface area contributed by atoms with Crippen LogP contribution < -0.4 is 10.2 Å². The van der Waals surface area contributed by atoms with E-state index in [1.807, 2.05) is 0 Å². The number of carbonyl (C=O) groups is 2. The van der Waals surface area contributed by atoms with Crippen LogP contribution in [0.2, 0.25) is 0 Å². The number of pyridine rings is 1. The van der Waals surface area contributed by atoms with E-state index in [0.29, 0.717) is 5.69 Å². The molecule has 0 radical (unpaired) electrons. The molecular formula is C9H11N3O3. The number of hydrogen-bond donors (Lipinski definition) is 2. The van der Waals surface area contributed by atoms with Crippen LogP contribution in [0.5, 0.6) is 0 Å². The molecule has 1 rings (SSSR count). The molecular weight excluding hydrogens is 198 g/mol. The van der Waals surface area contributed by atoms with E-state index < -0.39 is 18.5 Å². The van der Waals surface area contributed by atoms with Gasteiger partial charge in [0.2, 0.25) is 0 Å². The average molecular weight is 209 g/mol. The molecule has 0 saturated carbocycles. The molecule has 0 aliphatic rings. The Balaban J connectivity index is 2.57. The topological polar surface area (TPSA) is 82.5 Å². The van der Waals surface area contributed by atoms with Gasteiger partial charge in [0.05, 0.1) is 11.9 Å². The van der Waals surface area contributed by atoms with Gasteiger partial charge >= 0.3 is 12.0 Å². The van der Waals surface area contributed by atoms with Crippen LogP contribution in [-0.4, -0.2) is 35.7 Å². The Morgan fingerprint density at radius 3 is 2.87 bits per heavy atom. The van der Waals surface area contributed by atoms with Crippen LogP contribution in [0.25, 0.3) is 0 Å². The summed E-state index contributed by atoms with van der Waals surface area (Å²) in [5.41, 5.74) is 0.598. The molecule has 0 unspecified atom stereocenters. The monoisotopic (exact) mass is 209 g/mol. The number of carboxylic acids is 1. The minimum Gasteiger partial charge on any atom is -0.480 e. The second-order valence-corrected chi connectivity index (χ2v) is 2.82. The van der Waals surface area contributed by atoms with Crippen LogP contribution in [-0.2, 0) is 4.79 Å². The fraction of sp³-hybridized carbons (Fsp3) is 0.222. The Labute approximate surface area is 86.5 Å². The van der Waals surface area contributed by atoms with Crippen LogP contribution in [0.1, 0.15) is 0 Å². The van der Waals surface area contributed by atoms with Crippen molar-refractivity contribution >= 4 is 17.7 Å². The maximum atomic E-state index is 11.4. The first-order valence-electron chi connectivity index (χ1n) is 4.24. The highest BCUT2D eigenvalue weighted by atomic mass is 16.4. The SMILES string of the molecule is CN(C(=O)NCC(=O)O)c1cccnc1. The predicted molar refractivity (Wildman–Crippen MR) is 53.7 cm³/mol. The number of aromatic nitrogens is 1. The summed E-state index contributed by atoms with van der Waals surface area (Å²) in [6.45, 7) is -0.399. The van der Waals surface area contributed by atoms with Gasteiger partial charge in [0.1, 0.15) is 6.54 Å². The second-order valence-electron chi connectivity index (χ2n) is 2.82. The van der Waals surface area contributed by atoms with E-state index >= 15 is 0 Å². The van der Waals surface area contributed by atoms with Crippen molar-refractivity contribution < 1.29 is 14.7 Å². The number of urea groups is 1. The molecule has 0 spiro atoms. The zero-order valence-electron chi connectivity index (χ0n) is 8.17. The normalized spacial score (nSPS) is 9.40. The molecule has 0 aromatic carbocycles. The summed E-state index contributed by atoms with van der Waals surface area (Å²) in [4.78, 5) is 26.7. The molecule has 6 heteroatoms. The van der Waals surface area contributed by atoms with E-state index in [2.05, 4.69) is 10.3 Å². The zero-order chi connectivity index (χ0) is 11.3. The Kier molecular flexibility index (Phi) is 3.61. The maximum absolute atomic E-state index is 11.4. The Morgan fingerprint density at radius 2 is 2.33 bits per heavy atom. The molecule has 1 aromatic heterocycles. The van der Waals surface area contributed by atoms with Gasteiger partial charge in [-0.15, -0.1) is 0 Å². The largest absolute Gasteiger partial charge is 0.480 e. The van der Waals surface area contributed by atoms with Crippen LogP contribution in [0, 0.1) is 0 Å². The van der Waals surface area contributed by atoms with Gasteiger partial charge in [-0.3, -0.25) is 14.7 Å². The van der Waals surface area contributed by atoms with Crippen LogP contribution >= 0.6 is 0 Å². The summed E-state index contributed by atoms with van der Waals surface area (Å²) in [5.74, 6) is -1.08. The number of aliphatic carboxylic acids is 1. The lowest BCUT2D eigenvalue weighted by molar-refractivity contribution is -0.135. The van der Waals surface area contributed by atoms with Crippen LogP contribution in [0.3, 0.4) is 0 Å². The van der Waals surface area contributed by atoms with E-state index in [9.17, 15) is 9.59 Å². The van der Waals surface area contributed by atoms with Crippen molar-refractivity contribution in [2.45, 2.75) is 0 Å². The van der Waals surface area contributed by atoms with Gasteiger partial charge < -0.3 is 10.4 Å². The average Bonchev–Trinajstić information content (AvgIpc) is 2.26.